The van der Waals surface area contributed by atoms with E-state index >= 15 is 0 Å². The van der Waals surface area contributed by atoms with Crippen LogP contribution in [-0.2, 0) is 11.0 Å². The molecule has 1 aliphatic heterocycles. The Morgan fingerprint density at radius 3 is 2.55 bits per heavy atom. The molecule has 5 rings (SSSR count). The third-order valence-corrected chi connectivity index (χ3v) is 6.79. The van der Waals surface area contributed by atoms with Crippen molar-refractivity contribution in [3.63, 3.8) is 0 Å². The van der Waals surface area contributed by atoms with Crippen LogP contribution >= 0.6 is 0 Å². The minimum atomic E-state index is -4.53. The summed E-state index contributed by atoms with van der Waals surface area (Å²) in [6.45, 7) is 3.70. The Morgan fingerprint density at radius 2 is 1.88 bits per heavy atom. The normalized spacial score (nSPS) is 15.8. The summed E-state index contributed by atoms with van der Waals surface area (Å²) in [4.78, 5) is 27.1. The summed E-state index contributed by atoms with van der Waals surface area (Å²) < 4.78 is 39.4. The Labute approximate surface area is 228 Å². The molecular formula is C30H25F3N4O3. The summed E-state index contributed by atoms with van der Waals surface area (Å²) >= 11 is 0. The number of Topliss-reactive ketones (excluding diaryl/α,β-unsaturated/α-hetero) is 1. The van der Waals surface area contributed by atoms with Crippen LogP contribution in [0.4, 0.5) is 13.2 Å². The third kappa shape index (κ3) is 5.85. The number of aryl methyl sites for hydroxylation is 1. The standard InChI is InChI=1S/C30H25F3N4O3/c1-18-6-8-24(34-16-18)21-12-22(25-15-28(40-36-25)26-5-3-4-10-37(26)39)14-23(13-21)27(38)11-19(2)20-7-9-29(35-17-20)30(31,32)33/h3-10,12-14,16-17,19,28H,11,15H2,1-2H3/t19-,28?/m0/s1. The van der Waals surface area contributed by atoms with Gasteiger partial charge in [-0.1, -0.05) is 24.2 Å². The molecule has 0 N–H and O–H groups in total. The van der Waals surface area contributed by atoms with Crippen LogP contribution in [-0.4, -0.2) is 21.5 Å². The minimum Gasteiger partial charge on any atom is -0.618 e. The van der Waals surface area contributed by atoms with Crippen molar-refractivity contribution in [3.05, 3.63) is 118 Å². The second kappa shape index (κ2) is 10.9. The number of ketones is 1. The van der Waals surface area contributed by atoms with Crippen LogP contribution < -0.4 is 4.73 Å². The number of benzene rings is 1. The number of halogens is 3. The van der Waals surface area contributed by atoms with Crippen LogP contribution in [0.25, 0.3) is 11.3 Å². The van der Waals surface area contributed by atoms with Crippen LogP contribution in [0.2, 0.25) is 0 Å². The maximum absolute atomic E-state index is 13.5. The molecule has 10 heteroatoms. The molecule has 7 nitrogen and oxygen atoms in total. The Kier molecular flexibility index (Phi) is 7.34. The van der Waals surface area contributed by atoms with E-state index in [2.05, 4.69) is 15.1 Å². The lowest BCUT2D eigenvalue weighted by Crippen LogP contribution is -2.32. The van der Waals surface area contributed by atoms with Crippen molar-refractivity contribution < 1.29 is 27.5 Å². The molecule has 2 atom stereocenters. The third-order valence-electron chi connectivity index (χ3n) is 6.79. The topological polar surface area (TPSA) is 91.4 Å². The number of oxime groups is 1. The van der Waals surface area contributed by atoms with Gasteiger partial charge in [-0.05, 0) is 60.4 Å². The monoisotopic (exact) mass is 546 g/mol. The van der Waals surface area contributed by atoms with Gasteiger partial charge in [0.1, 0.15) is 5.69 Å². The van der Waals surface area contributed by atoms with Crippen molar-refractivity contribution in [3.8, 4) is 11.3 Å². The quantitative estimate of drug-likeness (QED) is 0.153. The van der Waals surface area contributed by atoms with Crippen molar-refractivity contribution in [2.45, 2.75) is 44.9 Å². The van der Waals surface area contributed by atoms with Gasteiger partial charge in [0.15, 0.2) is 12.0 Å². The van der Waals surface area contributed by atoms with E-state index in [1.165, 1.54) is 12.3 Å². The predicted octanol–water partition coefficient (Wildman–Crippen LogP) is 6.35. The molecule has 204 valence electrons. The lowest BCUT2D eigenvalue weighted by Gasteiger charge is -2.14. The van der Waals surface area contributed by atoms with Gasteiger partial charge in [-0.2, -0.15) is 17.9 Å². The van der Waals surface area contributed by atoms with Gasteiger partial charge in [0.2, 0.25) is 11.8 Å². The number of pyridine rings is 3. The molecule has 0 aliphatic carbocycles. The number of nitrogens with zero attached hydrogens (tertiary/aromatic N) is 4. The van der Waals surface area contributed by atoms with E-state index in [1.807, 2.05) is 25.1 Å². The number of aromatic nitrogens is 3. The molecule has 0 bridgehead atoms. The molecule has 1 aliphatic rings. The van der Waals surface area contributed by atoms with Crippen LogP contribution in [0, 0.1) is 12.1 Å². The molecule has 1 aromatic carbocycles. The fourth-order valence-corrected chi connectivity index (χ4v) is 4.52. The van der Waals surface area contributed by atoms with Gasteiger partial charge >= 0.3 is 6.18 Å². The highest BCUT2D eigenvalue weighted by molar-refractivity contribution is 6.05. The Bertz CT molecular complexity index is 1570. The molecule has 40 heavy (non-hydrogen) atoms. The predicted molar refractivity (Wildman–Crippen MR) is 141 cm³/mol. The fourth-order valence-electron chi connectivity index (χ4n) is 4.52. The molecule has 3 aromatic heterocycles. The van der Waals surface area contributed by atoms with Crippen LogP contribution in [0.15, 0.2) is 84.4 Å². The zero-order valence-corrected chi connectivity index (χ0v) is 21.7. The smallest absolute Gasteiger partial charge is 0.433 e. The van der Waals surface area contributed by atoms with Crippen LogP contribution in [0.1, 0.15) is 70.2 Å². The molecule has 1 unspecified atom stereocenters. The number of rotatable bonds is 7. The minimum absolute atomic E-state index is 0.0586. The van der Waals surface area contributed by atoms with E-state index in [4.69, 9.17) is 4.84 Å². The average Bonchev–Trinajstić information content (AvgIpc) is 3.43. The van der Waals surface area contributed by atoms with E-state index in [0.29, 0.717) is 45.8 Å². The van der Waals surface area contributed by atoms with Crippen molar-refractivity contribution in [1.29, 1.82) is 0 Å². The first-order valence-corrected chi connectivity index (χ1v) is 12.6. The summed E-state index contributed by atoms with van der Waals surface area (Å²) in [6.07, 6.45) is -0.418. The number of hydrogen-bond donors (Lipinski definition) is 0. The maximum atomic E-state index is 13.5. The number of alkyl halides is 3. The molecule has 0 saturated heterocycles. The SMILES string of the molecule is Cc1ccc(-c2cc(C(=O)C[C@H](C)c3ccc(C(F)(F)F)nc3)cc(C3=NOC(c4cccc[n+]4[O-])C3)c2)nc1. The zero-order valence-electron chi connectivity index (χ0n) is 21.7. The van der Waals surface area contributed by atoms with Crippen LogP contribution in [0.3, 0.4) is 0 Å². The molecular weight excluding hydrogens is 521 g/mol. The molecule has 4 aromatic rings. The Hall–Kier alpha value is -4.60. The Morgan fingerprint density at radius 1 is 1.07 bits per heavy atom. The summed E-state index contributed by atoms with van der Waals surface area (Å²) in [5.41, 5.74) is 3.98. The summed E-state index contributed by atoms with van der Waals surface area (Å²) in [6, 6.07) is 16.4. The Balaban J connectivity index is 1.43. The summed E-state index contributed by atoms with van der Waals surface area (Å²) in [5.74, 6) is -0.562. The molecule has 0 radical (unpaired) electrons. The van der Waals surface area contributed by atoms with Gasteiger partial charge < -0.3 is 10.0 Å². The molecule has 0 saturated carbocycles. The molecule has 0 amide bonds. The highest BCUT2D eigenvalue weighted by atomic mass is 19.4. The van der Waals surface area contributed by atoms with Crippen molar-refractivity contribution in [2.24, 2.45) is 5.16 Å². The summed E-state index contributed by atoms with van der Waals surface area (Å²) in [7, 11) is 0. The highest BCUT2D eigenvalue weighted by Crippen LogP contribution is 2.32. The molecule has 0 spiro atoms. The van der Waals surface area contributed by atoms with Crippen molar-refractivity contribution in [2.75, 3.05) is 0 Å². The van der Waals surface area contributed by atoms with Gasteiger partial charge in [0.05, 0.1) is 11.4 Å². The van der Waals surface area contributed by atoms with E-state index in [-0.39, 0.29) is 18.1 Å². The van der Waals surface area contributed by atoms with Gasteiger partial charge in [0.25, 0.3) is 0 Å². The van der Waals surface area contributed by atoms with E-state index in [1.54, 1.807) is 43.5 Å². The average molecular weight is 547 g/mol. The van der Waals surface area contributed by atoms with E-state index in [9.17, 15) is 23.2 Å². The van der Waals surface area contributed by atoms with Gasteiger partial charge in [-0.25, -0.2) is 0 Å². The van der Waals surface area contributed by atoms with Gasteiger partial charge in [-0.15, -0.1) is 0 Å². The van der Waals surface area contributed by atoms with E-state index in [0.717, 1.165) is 22.6 Å². The van der Waals surface area contributed by atoms with Crippen molar-refractivity contribution in [1.82, 2.24) is 9.97 Å². The van der Waals surface area contributed by atoms with Crippen molar-refractivity contribution >= 4 is 11.5 Å². The zero-order chi connectivity index (χ0) is 28.4. The largest absolute Gasteiger partial charge is 0.618 e. The van der Waals surface area contributed by atoms with E-state index < -0.39 is 18.0 Å². The first-order chi connectivity index (χ1) is 19.1. The second-order valence-corrected chi connectivity index (χ2v) is 9.81. The molecule has 4 heterocycles. The first kappa shape index (κ1) is 27.0. The van der Waals surface area contributed by atoms with Crippen LogP contribution in [0.5, 0.6) is 0 Å². The number of carbonyl (C=O) groups excluding carboxylic acids is 1. The second-order valence-electron chi connectivity index (χ2n) is 9.81. The molecule has 0 fully saturated rings. The lowest BCUT2D eigenvalue weighted by molar-refractivity contribution is -0.618. The first-order valence-electron chi connectivity index (χ1n) is 12.6. The van der Waals surface area contributed by atoms with Gasteiger partial charge in [0, 0.05) is 54.1 Å². The summed E-state index contributed by atoms with van der Waals surface area (Å²) in [5, 5.41) is 16.4. The number of carbonyl (C=O) groups is 1. The lowest BCUT2D eigenvalue weighted by atomic mass is 9.91. The highest BCUT2D eigenvalue weighted by Gasteiger charge is 2.32. The number of hydrogen-bond acceptors (Lipinski definition) is 6. The fraction of sp³-hybridized carbons (Fsp3) is 0.233. The maximum Gasteiger partial charge on any atom is 0.433 e. The van der Waals surface area contributed by atoms with Gasteiger partial charge in [-0.3, -0.25) is 14.8 Å².